The monoisotopic (exact) mass is 304 g/mol. The first kappa shape index (κ1) is 15.7. The molecule has 0 aliphatic heterocycles. The fraction of sp³-hybridized carbons (Fsp3) is 0.600. The van der Waals surface area contributed by atoms with Crippen LogP contribution in [0.4, 0.5) is 8.78 Å². The van der Waals surface area contributed by atoms with Crippen molar-refractivity contribution >= 4 is 11.6 Å². The van der Waals surface area contributed by atoms with Gasteiger partial charge in [0.05, 0.1) is 23.3 Å². The summed E-state index contributed by atoms with van der Waals surface area (Å²) in [4.78, 5) is 0. The van der Waals surface area contributed by atoms with Crippen molar-refractivity contribution in [3.05, 3.63) is 34.4 Å². The Morgan fingerprint density at radius 3 is 2.55 bits per heavy atom. The molecule has 0 spiro atoms. The third kappa shape index (κ3) is 3.48. The van der Waals surface area contributed by atoms with E-state index in [-0.39, 0.29) is 22.8 Å². The van der Waals surface area contributed by atoms with E-state index in [0.29, 0.717) is 0 Å². The standard InChI is InChI=1S/C15H19ClF2O2/c1-9(14-12(17)6-7-13(18)15(14)16)20-11-5-3-4-10(8-11)19-2/h6-7,9-11H,3-5,8H2,1-2H3. The van der Waals surface area contributed by atoms with Crippen LogP contribution in [0, 0.1) is 11.6 Å². The van der Waals surface area contributed by atoms with Gasteiger partial charge in [0.25, 0.3) is 0 Å². The Hall–Kier alpha value is -0.710. The van der Waals surface area contributed by atoms with Crippen molar-refractivity contribution in [3.8, 4) is 0 Å². The summed E-state index contributed by atoms with van der Waals surface area (Å²) in [6.45, 7) is 1.69. The van der Waals surface area contributed by atoms with Crippen molar-refractivity contribution in [1.82, 2.24) is 0 Å². The van der Waals surface area contributed by atoms with Gasteiger partial charge in [0.2, 0.25) is 0 Å². The highest BCUT2D eigenvalue weighted by Crippen LogP contribution is 2.33. The molecule has 0 saturated heterocycles. The number of halogens is 3. The molecular weight excluding hydrogens is 286 g/mol. The summed E-state index contributed by atoms with van der Waals surface area (Å²) in [6.07, 6.45) is 3.28. The molecule has 112 valence electrons. The van der Waals surface area contributed by atoms with E-state index in [1.54, 1.807) is 14.0 Å². The van der Waals surface area contributed by atoms with E-state index in [4.69, 9.17) is 21.1 Å². The maximum atomic E-state index is 13.8. The fourth-order valence-corrected chi connectivity index (χ4v) is 3.02. The lowest BCUT2D eigenvalue weighted by molar-refractivity contribution is -0.0612. The van der Waals surface area contributed by atoms with Gasteiger partial charge in [-0.25, -0.2) is 8.78 Å². The lowest BCUT2D eigenvalue weighted by Crippen LogP contribution is -2.28. The highest BCUT2D eigenvalue weighted by molar-refractivity contribution is 6.31. The number of methoxy groups -OCH3 is 1. The minimum atomic E-state index is -0.628. The zero-order valence-electron chi connectivity index (χ0n) is 11.7. The molecule has 1 saturated carbocycles. The van der Waals surface area contributed by atoms with Gasteiger partial charge in [-0.1, -0.05) is 11.6 Å². The topological polar surface area (TPSA) is 18.5 Å². The molecule has 3 unspecified atom stereocenters. The SMILES string of the molecule is COC1CCCC(OC(C)c2c(F)ccc(F)c2Cl)C1. The third-order valence-corrected chi connectivity index (χ3v) is 4.18. The van der Waals surface area contributed by atoms with E-state index in [1.165, 1.54) is 0 Å². The molecule has 0 amide bonds. The highest BCUT2D eigenvalue weighted by Gasteiger charge is 2.26. The first-order valence-corrected chi connectivity index (χ1v) is 7.22. The van der Waals surface area contributed by atoms with Crippen LogP contribution in [0.15, 0.2) is 12.1 Å². The van der Waals surface area contributed by atoms with Crippen LogP contribution in [0.25, 0.3) is 0 Å². The van der Waals surface area contributed by atoms with Crippen LogP contribution in [0.1, 0.15) is 44.3 Å². The maximum absolute atomic E-state index is 13.8. The normalized spacial score (nSPS) is 24.6. The van der Waals surface area contributed by atoms with Crippen molar-refractivity contribution in [3.63, 3.8) is 0 Å². The van der Waals surface area contributed by atoms with Crippen molar-refractivity contribution in [2.45, 2.75) is 50.9 Å². The van der Waals surface area contributed by atoms with E-state index in [1.807, 2.05) is 0 Å². The Morgan fingerprint density at radius 2 is 1.85 bits per heavy atom. The van der Waals surface area contributed by atoms with E-state index in [0.717, 1.165) is 37.8 Å². The van der Waals surface area contributed by atoms with Gasteiger partial charge in [0.1, 0.15) is 11.6 Å². The summed E-state index contributed by atoms with van der Waals surface area (Å²) in [5, 5.41) is -0.198. The molecule has 1 aliphatic carbocycles. The van der Waals surface area contributed by atoms with Gasteiger partial charge < -0.3 is 9.47 Å². The molecule has 0 N–H and O–H groups in total. The van der Waals surface area contributed by atoms with Crippen molar-refractivity contribution in [2.24, 2.45) is 0 Å². The fourth-order valence-electron chi connectivity index (χ4n) is 2.71. The van der Waals surface area contributed by atoms with Gasteiger partial charge in [-0.05, 0) is 44.7 Å². The Balaban J connectivity index is 2.08. The summed E-state index contributed by atoms with van der Waals surface area (Å²) in [5.41, 5.74) is 0.0891. The molecule has 1 aliphatic rings. The Bertz CT molecular complexity index is 467. The second-order valence-electron chi connectivity index (χ2n) is 5.18. The zero-order chi connectivity index (χ0) is 14.7. The second kappa shape index (κ2) is 6.83. The van der Waals surface area contributed by atoms with Gasteiger partial charge in [0, 0.05) is 12.7 Å². The van der Waals surface area contributed by atoms with Crippen LogP contribution in [-0.2, 0) is 9.47 Å². The molecule has 1 fully saturated rings. The lowest BCUT2D eigenvalue weighted by atomic mass is 9.94. The minimum Gasteiger partial charge on any atom is -0.381 e. The van der Waals surface area contributed by atoms with Gasteiger partial charge >= 0.3 is 0 Å². The van der Waals surface area contributed by atoms with Crippen LogP contribution >= 0.6 is 11.6 Å². The summed E-state index contributed by atoms with van der Waals surface area (Å²) < 4.78 is 38.5. The molecule has 2 nitrogen and oxygen atoms in total. The van der Waals surface area contributed by atoms with E-state index in [9.17, 15) is 8.78 Å². The summed E-state index contributed by atoms with van der Waals surface area (Å²) in [5.74, 6) is -1.17. The Kier molecular flexibility index (Phi) is 5.35. The molecule has 0 heterocycles. The van der Waals surface area contributed by atoms with Gasteiger partial charge in [-0.3, -0.25) is 0 Å². The molecule has 2 rings (SSSR count). The van der Waals surface area contributed by atoms with E-state index >= 15 is 0 Å². The molecule has 5 heteroatoms. The Morgan fingerprint density at radius 1 is 1.20 bits per heavy atom. The number of benzene rings is 1. The number of ether oxygens (including phenoxy) is 2. The molecule has 1 aromatic rings. The van der Waals surface area contributed by atoms with Crippen molar-refractivity contribution in [2.75, 3.05) is 7.11 Å². The molecule has 0 radical (unpaired) electrons. The van der Waals surface area contributed by atoms with Crippen LogP contribution in [0.2, 0.25) is 5.02 Å². The first-order valence-electron chi connectivity index (χ1n) is 6.84. The lowest BCUT2D eigenvalue weighted by Gasteiger charge is -2.30. The van der Waals surface area contributed by atoms with Crippen LogP contribution in [0.5, 0.6) is 0 Å². The van der Waals surface area contributed by atoms with Gasteiger partial charge in [-0.2, -0.15) is 0 Å². The molecule has 0 aromatic heterocycles. The van der Waals surface area contributed by atoms with Crippen LogP contribution < -0.4 is 0 Å². The maximum Gasteiger partial charge on any atom is 0.142 e. The number of rotatable bonds is 4. The molecule has 0 bridgehead atoms. The Labute approximate surface area is 123 Å². The predicted octanol–water partition coefficient (Wildman–Crippen LogP) is 4.65. The van der Waals surface area contributed by atoms with E-state index < -0.39 is 17.7 Å². The van der Waals surface area contributed by atoms with Crippen molar-refractivity contribution < 1.29 is 18.3 Å². The van der Waals surface area contributed by atoms with Crippen LogP contribution in [0.3, 0.4) is 0 Å². The van der Waals surface area contributed by atoms with Gasteiger partial charge in [-0.15, -0.1) is 0 Å². The minimum absolute atomic E-state index is 0.0116. The highest BCUT2D eigenvalue weighted by atomic mass is 35.5. The predicted molar refractivity (Wildman–Crippen MR) is 73.9 cm³/mol. The second-order valence-corrected chi connectivity index (χ2v) is 5.56. The van der Waals surface area contributed by atoms with Gasteiger partial charge in [0.15, 0.2) is 0 Å². The quantitative estimate of drug-likeness (QED) is 0.754. The van der Waals surface area contributed by atoms with Crippen molar-refractivity contribution in [1.29, 1.82) is 0 Å². The molecule has 20 heavy (non-hydrogen) atoms. The van der Waals surface area contributed by atoms with Crippen LogP contribution in [-0.4, -0.2) is 19.3 Å². The number of hydrogen-bond acceptors (Lipinski definition) is 2. The summed E-state index contributed by atoms with van der Waals surface area (Å²) in [7, 11) is 1.68. The molecular formula is C15H19ClF2O2. The smallest absolute Gasteiger partial charge is 0.142 e. The average molecular weight is 305 g/mol. The molecule has 1 aromatic carbocycles. The van der Waals surface area contributed by atoms with E-state index in [2.05, 4.69) is 0 Å². The average Bonchev–Trinajstić information content (AvgIpc) is 2.43. The largest absolute Gasteiger partial charge is 0.381 e. The first-order chi connectivity index (χ1) is 9.52. The third-order valence-electron chi connectivity index (χ3n) is 3.79. The molecule has 3 atom stereocenters. The summed E-state index contributed by atoms with van der Waals surface area (Å²) in [6, 6.07) is 2.10. The number of hydrogen-bond donors (Lipinski definition) is 0. The zero-order valence-corrected chi connectivity index (χ0v) is 12.4. The summed E-state index contributed by atoms with van der Waals surface area (Å²) >= 11 is 5.85.